The summed E-state index contributed by atoms with van der Waals surface area (Å²) < 4.78 is 16.6. The fraction of sp³-hybridized carbons (Fsp3) is 0.214. The highest BCUT2D eigenvalue weighted by Crippen LogP contribution is 2.33. The van der Waals surface area contributed by atoms with Crippen LogP contribution in [0.2, 0.25) is 0 Å². The summed E-state index contributed by atoms with van der Waals surface area (Å²) in [6.07, 6.45) is 0. The van der Waals surface area contributed by atoms with Crippen LogP contribution in [0.3, 0.4) is 0 Å². The van der Waals surface area contributed by atoms with Crippen LogP contribution in [0, 0.1) is 6.92 Å². The molecule has 1 aliphatic rings. The minimum Gasteiger partial charge on any atom is -0.494 e. The molecule has 0 bridgehead atoms. The van der Waals surface area contributed by atoms with E-state index < -0.39 is 0 Å². The molecule has 36 heavy (non-hydrogen) atoms. The van der Waals surface area contributed by atoms with Crippen molar-refractivity contribution < 1.29 is 14.2 Å². The Balaban J connectivity index is 1.45. The highest BCUT2D eigenvalue weighted by Gasteiger charge is 2.18. The van der Waals surface area contributed by atoms with Crippen LogP contribution >= 0.6 is 12.2 Å². The average Bonchev–Trinajstić information content (AvgIpc) is 3.34. The molecule has 0 unspecified atom stereocenters. The number of aromatic nitrogens is 1. The second-order valence-corrected chi connectivity index (χ2v) is 9.03. The van der Waals surface area contributed by atoms with Gasteiger partial charge in [0.05, 0.1) is 13.2 Å². The molecule has 0 radical (unpaired) electrons. The molecule has 7 nitrogen and oxygen atoms in total. The number of fused-ring (bicyclic) bond motifs is 2. The Hall–Kier alpha value is -4.04. The summed E-state index contributed by atoms with van der Waals surface area (Å²) in [4.78, 5) is 17.9. The van der Waals surface area contributed by atoms with Crippen LogP contribution in [0.25, 0.3) is 10.9 Å². The van der Waals surface area contributed by atoms with Crippen molar-refractivity contribution in [1.82, 2.24) is 9.88 Å². The second-order valence-electron chi connectivity index (χ2n) is 8.65. The Morgan fingerprint density at radius 2 is 1.83 bits per heavy atom. The molecular formula is C28H27N3O4S. The molecule has 2 heterocycles. The van der Waals surface area contributed by atoms with E-state index in [1.165, 1.54) is 0 Å². The molecule has 5 rings (SSSR count). The third-order valence-corrected chi connectivity index (χ3v) is 6.33. The van der Waals surface area contributed by atoms with E-state index in [0.29, 0.717) is 36.1 Å². The maximum absolute atomic E-state index is 13.0. The lowest BCUT2D eigenvalue weighted by Crippen LogP contribution is -2.35. The van der Waals surface area contributed by atoms with Gasteiger partial charge in [0.2, 0.25) is 6.79 Å². The van der Waals surface area contributed by atoms with Crippen molar-refractivity contribution in [3.63, 3.8) is 0 Å². The molecule has 4 aromatic rings. The van der Waals surface area contributed by atoms with Crippen molar-refractivity contribution in [2.45, 2.75) is 26.9 Å². The van der Waals surface area contributed by atoms with Gasteiger partial charge in [0, 0.05) is 28.7 Å². The summed E-state index contributed by atoms with van der Waals surface area (Å²) >= 11 is 5.81. The lowest BCUT2D eigenvalue weighted by atomic mass is 10.1. The van der Waals surface area contributed by atoms with Crippen LogP contribution in [0.1, 0.15) is 23.6 Å². The van der Waals surface area contributed by atoms with E-state index in [9.17, 15) is 4.79 Å². The van der Waals surface area contributed by atoms with Gasteiger partial charge in [0.15, 0.2) is 16.6 Å². The number of hydrogen-bond acceptors (Lipinski definition) is 5. The maximum atomic E-state index is 13.0. The summed E-state index contributed by atoms with van der Waals surface area (Å²) in [6, 6.07) is 21.4. The fourth-order valence-electron chi connectivity index (χ4n) is 4.11. The molecule has 1 aromatic heterocycles. The molecule has 8 heteroatoms. The van der Waals surface area contributed by atoms with Gasteiger partial charge in [-0.05, 0) is 80.2 Å². The smallest absolute Gasteiger partial charge is 0.253 e. The van der Waals surface area contributed by atoms with Crippen molar-refractivity contribution in [1.29, 1.82) is 0 Å². The topological polar surface area (TPSA) is 75.8 Å². The lowest BCUT2D eigenvalue weighted by Gasteiger charge is -2.26. The zero-order valence-corrected chi connectivity index (χ0v) is 21.0. The van der Waals surface area contributed by atoms with Gasteiger partial charge in [-0.15, -0.1) is 0 Å². The maximum Gasteiger partial charge on any atom is 0.253 e. The second kappa shape index (κ2) is 10.3. The quantitative estimate of drug-likeness (QED) is 0.330. The summed E-state index contributed by atoms with van der Waals surface area (Å²) in [5, 5.41) is 4.73. The molecule has 184 valence electrons. The number of aryl methyl sites for hydroxylation is 1. The Morgan fingerprint density at radius 3 is 2.64 bits per heavy atom. The van der Waals surface area contributed by atoms with Gasteiger partial charge in [0.25, 0.3) is 5.56 Å². The summed E-state index contributed by atoms with van der Waals surface area (Å²) in [7, 11) is 0. The Morgan fingerprint density at radius 1 is 1.03 bits per heavy atom. The van der Waals surface area contributed by atoms with E-state index >= 15 is 0 Å². The number of thiocarbonyl (C=S) groups is 1. The van der Waals surface area contributed by atoms with Crippen molar-refractivity contribution in [3.05, 3.63) is 93.8 Å². The highest BCUT2D eigenvalue weighted by atomic mass is 32.1. The molecule has 0 atom stereocenters. The number of hydrogen-bond donors (Lipinski definition) is 2. The molecule has 0 spiro atoms. The number of pyridine rings is 1. The van der Waals surface area contributed by atoms with Crippen LogP contribution < -0.4 is 25.1 Å². The van der Waals surface area contributed by atoms with Gasteiger partial charge in [-0.25, -0.2) is 0 Å². The van der Waals surface area contributed by atoms with Crippen molar-refractivity contribution in [2.75, 3.05) is 18.7 Å². The first-order chi connectivity index (χ1) is 17.5. The number of aromatic amines is 1. The summed E-state index contributed by atoms with van der Waals surface area (Å²) in [6.45, 7) is 5.56. The molecule has 1 aliphatic heterocycles. The molecule has 0 aliphatic carbocycles. The van der Waals surface area contributed by atoms with Crippen LogP contribution in [0.4, 0.5) is 5.69 Å². The van der Waals surface area contributed by atoms with Crippen LogP contribution in [0.5, 0.6) is 17.2 Å². The number of nitrogens with one attached hydrogen (secondary N) is 2. The largest absolute Gasteiger partial charge is 0.494 e. The van der Waals surface area contributed by atoms with Crippen molar-refractivity contribution in [3.8, 4) is 17.2 Å². The van der Waals surface area contributed by atoms with Crippen LogP contribution in [-0.2, 0) is 13.1 Å². The first kappa shape index (κ1) is 23.7. The molecular weight excluding hydrogens is 474 g/mol. The lowest BCUT2D eigenvalue weighted by molar-refractivity contribution is 0.174. The minimum absolute atomic E-state index is 0.152. The van der Waals surface area contributed by atoms with Gasteiger partial charge in [-0.2, -0.15) is 0 Å². The SMILES string of the molecule is CCOc1ccc2[nH]c(=O)c(CN(Cc3ccc4c(c3)OCO4)C(=S)Nc3ccc(C)cc3)cc2c1. The zero-order chi connectivity index (χ0) is 25.1. The highest BCUT2D eigenvalue weighted by molar-refractivity contribution is 7.80. The third kappa shape index (κ3) is 5.28. The van der Waals surface area contributed by atoms with Gasteiger partial charge >= 0.3 is 0 Å². The Labute approximate surface area is 214 Å². The Kier molecular flexibility index (Phi) is 6.77. The van der Waals surface area contributed by atoms with Gasteiger partial charge in [-0.3, -0.25) is 4.79 Å². The number of H-pyrrole nitrogens is 1. The monoisotopic (exact) mass is 501 g/mol. The van der Waals surface area contributed by atoms with Gasteiger partial charge in [-0.1, -0.05) is 23.8 Å². The van der Waals surface area contributed by atoms with Gasteiger partial charge in [0.1, 0.15) is 5.75 Å². The number of benzene rings is 3. The molecule has 3 aromatic carbocycles. The molecule has 0 saturated heterocycles. The first-order valence-corrected chi connectivity index (χ1v) is 12.2. The molecule has 0 saturated carbocycles. The van der Waals surface area contributed by atoms with E-state index in [4.69, 9.17) is 26.4 Å². The van der Waals surface area contributed by atoms with Crippen LogP contribution in [0.15, 0.2) is 71.5 Å². The standard InChI is InChI=1S/C28H27N3O4S/c1-3-33-23-9-10-24-20(14-23)13-21(27(32)30-24)16-31(28(36)29-22-7-4-18(2)5-8-22)15-19-6-11-25-26(12-19)35-17-34-25/h4-14H,3,15-17H2,1-2H3,(H,29,36)(H,30,32). The average molecular weight is 502 g/mol. The normalized spacial score (nSPS) is 11.9. The van der Waals surface area contributed by atoms with Gasteiger partial charge < -0.3 is 29.4 Å². The number of anilines is 1. The molecule has 2 N–H and O–H groups in total. The van der Waals surface area contributed by atoms with Crippen LogP contribution in [-0.4, -0.2) is 28.4 Å². The molecule has 0 fully saturated rings. The Bertz CT molecular complexity index is 1470. The minimum atomic E-state index is -0.152. The van der Waals surface area contributed by atoms with E-state index in [2.05, 4.69) is 10.3 Å². The van der Waals surface area contributed by atoms with E-state index in [1.54, 1.807) is 0 Å². The first-order valence-electron chi connectivity index (χ1n) is 11.8. The summed E-state index contributed by atoms with van der Waals surface area (Å²) in [5.74, 6) is 2.19. The van der Waals surface area contributed by atoms with E-state index in [1.807, 2.05) is 85.5 Å². The third-order valence-electron chi connectivity index (χ3n) is 5.97. The predicted molar refractivity (Wildman–Crippen MR) is 145 cm³/mol. The fourth-order valence-corrected chi connectivity index (χ4v) is 4.36. The van der Waals surface area contributed by atoms with Crippen molar-refractivity contribution >= 4 is 33.9 Å². The summed E-state index contributed by atoms with van der Waals surface area (Å²) in [5.41, 5.74) is 4.25. The zero-order valence-electron chi connectivity index (χ0n) is 20.2. The predicted octanol–water partition coefficient (Wildman–Crippen LogP) is 5.36. The number of rotatable bonds is 7. The number of ether oxygens (including phenoxy) is 3. The number of nitrogens with zero attached hydrogens (tertiary/aromatic N) is 1. The van der Waals surface area contributed by atoms with E-state index in [-0.39, 0.29) is 12.4 Å². The molecule has 0 amide bonds. The van der Waals surface area contributed by atoms with E-state index in [0.717, 1.165) is 39.2 Å². The van der Waals surface area contributed by atoms with Crippen molar-refractivity contribution in [2.24, 2.45) is 0 Å².